The summed E-state index contributed by atoms with van der Waals surface area (Å²) in [5.41, 5.74) is 2.20. The van der Waals surface area contributed by atoms with Crippen LogP contribution in [0.4, 0.5) is 4.79 Å². The summed E-state index contributed by atoms with van der Waals surface area (Å²) in [5, 5.41) is 4.65. The fraction of sp³-hybridized carbons (Fsp3) is 0.318. The zero-order valence-corrected chi connectivity index (χ0v) is 15.8. The van der Waals surface area contributed by atoms with Crippen molar-refractivity contribution in [2.24, 2.45) is 0 Å². The van der Waals surface area contributed by atoms with Gasteiger partial charge in [-0.3, -0.25) is 0 Å². The molecule has 0 atom stereocenters. The lowest BCUT2D eigenvalue weighted by Crippen LogP contribution is -2.39. The summed E-state index contributed by atoms with van der Waals surface area (Å²) in [6.07, 6.45) is 4.01. The average molecular weight is 376 g/mol. The maximum atomic E-state index is 12.3. The van der Waals surface area contributed by atoms with Gasteiger partial charge in [-0.1, -0.05) is 60.7 Å². The fourth-order valence-electron chi connectivity index (χ4n) is 3.47. The number of aromatic nitrogens is 3. The SMILES string of the molecule is O=C(OCc1ccccc1)N1CCC(n2cnc(Cc3ccccc3)n2)CC1. The molecular formula is C22H24N4O2. The summed E-state index contributed by atoms with van der Waals surface area (Å²) in [5.74, 6) is 0.830. The summed E-state index contributed by atoms with van der Waals surface area (Å²) in [7, 11) is 0. The minimum atomic E-state index is -0.245. The number of carbonyl (C=O) groups excluding carboxylic acids is 1. The van der Waals surface area contributed by atoms with Crippen molar-refractivity contribution in [2.75, 3.05) is 13.1 Å². The van der Waals surface area contributed by atoms with Gasteiger partial charge in [-0.25, -0.2) is 14.5 Å². The van der Waals surface area contributed by atoms with Crippen LogP contribution in [0, 0.1) is 0 Å². The fourth-order valence-corrected chi connectivity index (χ4v) is 3.47. The minimum absolute atomic E-state index is 0.245. The zero-order valence-electron chi connectivity index (χ0n) is 15.8. The van der Waals surface area contributed by atoms with Crippen molar-refractivity contribution in [3.8, 4) is 0 Å². The van der Waals surface area contributed by atoms with Crippen molar-refractivity contribution in [1.82, 2.24) is 19.7 Å². The third-order valence-electron chi connectivity index (χ3n) is 5.06. The second-order valence-corrected chi connectivity index (χ2v) is 7.06. The van der Waals surface area contributed by atoms with Gasteiger partial charge < -0.3 is 9.64 Å². The Morgan fingerprint density at radius 3 is 2.29 bits per heavy atom. The second kappa shape index (κ2) is 8.69. The first kappa shape index (κ1) is 18.2. The molecule has 1 aliphatic rings. The highest BCUT2D eigenvalue weighted by Crippen LogP contribution is 2.22. The normalized spacial score (nSPS) is 14.8. The number of hydrogen-bond acceptors (Lipinski definition) is 4. The van der Waals surface area contributed by atoms with Crippen LogP contribution in [0.3, 0.4) is 0 Å². The van der Waals surface area contributed by atoms with Crippen LogP contribution in [-0.2, 0) is 17.8 Å². The van der Waals surface area contributed by atoms with Gasteiger partial charge in [0.25, 0.3) is 0 Å². The number of carbonyl (C=O) groups is 1. The van der Waals surface area contributed by atoms with Crippen LogP contribution in [0.2, 0.25) is 0 Å². The number of piperidine rings is 1. The van der Waals surface area contributed by atoms with Crippen LogP contribution in [0.15, 0.2) is 67.0 Å². The van der Waals surface area contributed by atoms with Crippen LogP contribution in [0.5, 0.6) is 0 Å². The Bertz CT molecular complexity index is 887. The summed E-state index contributed by atoms with van der Waals surface area (Å²) in [4.78, 5) is 18.5. The maximum absolute atomic E-state index is 12.3. The predicted octanol–water partition coefficient (Wildman–Crippen LogP) is 3.84. The summed E-state index contributed by atoms with van der Waals surface area (Å²) in [6, 6.07) is 20.2. The Balaban J connectivity index is 1.26. The third-order valence-corrected chi connectivity index (χ3v) is 5.06. The van der Waals surface area contributed by atoms with E-state index in [4.69, 9.17) is 4.74 Å². The molecule has 1 saturated heterocycles. The monoisotopic (exact) mass is 376 g/mol. The molecule has 2 heterocycles. The lowest BCUT2D eigenvalue weighted by molar-refractivity contribution is 0.0821. The molecule has 1 amide bonds. The Morgan fingerprint density at radius 1 is 0.964 bits per heavy atom. The molecule has 1 aromatic heterocycles. The molecule has 2 aromatic carbocycles. The molecule has 28 heavy (non-hydrogen) atoms. The molecule has 6 nitrogen and oxygen atoms in total. The van der Waals surface area contributed by atoms with E-state index in [1.807, 2.05) is 59.5 Å². The van der Waals surface area contributed by atoms with Crippen molar-refractivity contribution in [3.05, 3.63) is 83.9 Å². The molecule has 0 saturated carbocycles. The first-order valence-corrected chi connectivity index (χ1v) is 9.67. The molecular weight excluding hydrogens is 352 g/mol. The third kappa shape index (κ3) is 4.57. The second-order valence-electron chi connectivity index (χ2n) is 7.06. The van der Waals surface area contributed by atoms with E-state index in [9.17, 15) is 4.79 Å². The maximum Gasteiger partial charge on any atom is 0.410 e. The van der Waals surface area contributed by atoms with Gasteiger partial charge >= 0.3 is 6.09 Å². The van der Waals surface area contributed by atoms with Gasteiger partial charge in [0.2, 0.25) is 0 Å². The van der Waals surface area contributed by atoms with E-state index in [0.717, 1.165) is 30.7 Å². The highest BCUT2D eigenvalue weighted by atomic mass is 16.6. The number of ether oxygens (including phenoxy) is 1. The lowest BCUT2D eigenvalue weighted by atomic mass is 10.1. The highest BCUT2D eigenvalue weighted by Gasteiger charge is 2.25. The van der Waals surface area contributed by atoms with Crippen molar-refractivity contribution in [2.45, 2.75) is 31.9 Å². The average Bonchev–Trinajstić information content (AvgIpc) is 3.22. The smallest absolute Gasteiger partial charge is 0.410 e. The van der Waals surface area contributed by atoms with Crippen molar-refractivity contribution >= 4 is 6.09 Å². The topological polar surface area (TPSA) is 60.2 Å². The predicted molar refractivity (Wildman–Crippen MR) is 106 cm³/mol. The lowest BCUT2D eigenvalue weighted by Gasteiger charge is -2.31. The molecule has 0 aliphatic carbocycles. The van der Waals surface area contributed by atoms with E-state index in [-0.39, 0.29) is 12.1 Å². The summed E-state index contributed by atoms with van der Waals surface area (Å²) < 4.78 is 7.38. The number of amides is 1. The number of benzene rings is 2. The quantitative estimate of drug-likeness (QED) is 0.679. The van der Waals surface area contributed by atoms with Gasteiger partial charge in [0.15, 0.2) is 5.82 Å². The van der Waals surface area contributed by atoms with E-state index >= 15 is 0 Å². The van der Waals surface area contributed by atoms with E-state index < -0.39 is 0 Å². The van der Waals surface area contributed by atoms with Gasteiger partial charge in [0.05, 0.1) is 6.04 Å². The van der Waals surface area contributed by atoms with Gasteiger partial charge in [0.1, 0.15) is 12.9 Å². The van der Waals surface area contributed by atoms with E-state index in [1.54, 1.807) is 4.90 Å². The van der Waals surface area contributed by atoms with Crippen LogP contribution in [-0.4, -0.2) is 38.8 Å². The van der Waals surface area contributed by atoms with E-state index in [1.165, 1.54) is 5.56 Å². The van der Waals surface area contributed by atoms with Crippen molar-refractivity contribution in [3.63, 3.8) is 0 Å². The molecule has 0 spiro atoms. The molecule has 0 radical (unpaired) electrons. The van der Waals surface area contributed by atoms with Gasteiger partial charge in [0, 0.05) is 19.5 Å². The highest BCUT2D eigenvalue weighted by molar-refractivity contribution is 5.67. The number of nitrogens with zero attached hydrogens (tertiary/aromatic N) is 4. The Labute approximate surface area is 164 Å². The molecule has 0 unspecified atom stereocenters. The molecule has 4 rings (SSSR count). The van der Waals surface area contributed by atoms with Crippen LogP contribution >= 0.6 is 0 Å². The molecule has 1 fully saturated rings. The van der Waals surface area contributed by atoms with Gasteiger partial charge in [-0.2, -0.15) is 5.10 Å². The number of hydrogen-bond donors (Lipinski definition) is 0. The zero-order chi connectivity index (χ0) is 19.2. The molecule has 6 heteroatoms. The van der Waals surface area contributed by atoms with Gasteiger partial charge in [-0.05, 0) is 24.0 Å². The summed E-state index contributed by atoms with van der Waals surface area (Å²) in [6.45, 7) is 1.66. The largest absolute Gasteiger partial charge is 0.445 e. The molecule has 144 valence electrons. The standard InChI is InChI=1S/C22H24N4O2/c27-22(28-16-19-9-5-2-6-10-19)25-13-11-20(12-14-25)26-17-23-21(24-26)15-18-7-3-1-4-8-18/h1-10,17,20H,11-16H2. The first-order chi connectivity index (χ1) is 13.8. The molecule has 0 bridgehead atoms. The minimum Gasteiger partial charge on any atom is -0.445 e. The molecule has 3 aromatic rings. The van der Waals surface area contributed by atoms with Crippen LogP contribution in [0.1, 0.15) is 35.8 Å². The Morgan fingerprint density at radius 2 is 1.61 bits per heavy atom. The van der Waals surface area contributed by atoms with E-state index in [0.29, 0.717) is 19.7 Å². The summed E-state index contributed by atoms with van der Waals surface area (Å²) >= 11 is 0. The van der Waals surface area contributed by atoms with Crippen LogP contribution in [0.25, 0.3) is 0 Å². The number of rotatable bonds is 5. The Kier molecular flexibility index (Phi) is 5.66. The molecule has 0 N–H and O–H groups in total. The van der Waals surface area contributed by atoms with E-state index in [2.05, 4.69) is 22.2 Å². The van der Waals surface area contributed by atoms with Crippen molar-refractivity contribution < 1.29 is 9.53 Å². The van der Waals surface area contributed by atoms with Crippen LogP contribution < -0.4 is 0 Å². The number of likely N-dealkylation sites (tertiary alicyclic amines) is 1. The first-order valence-electron chi connectivity index (χ1n) is 9.67. The van der Waals surface area contributed by atoms with Gasteiger partial charge in [-0.15, -0.1) is 0 Å². The molecule has 1 aliphatic heterocycles. The van der Waals surface area contributed by atoms with Crippen molar-refractivity contribution in [1.29, 1.82) is 0 Å². The Hall–Kier alpha value is -3.15.